The zero-order valence-electron chi connectivity index (χ0n) is 23.0. The molecule has 0 spiro atoms. The van der Waals surface area contributed by atoms with E-state index in [1.807, 2.05) is 62.7 Å². The van der Waals surface area contributed by atoms with Gasteiger partial charge >= 0.3 is 0 Å². The Balaban J connectivity index is 1.74. The lowest BCUT2D eigenvalue weighted by atomic mass is 10.0. The summed E-state index contributed by atoms with van der Waals surface area (Å²) < 4.78 is 7.64. The monoisotopic (exact) mass is 553 g/mol. The van der Waals surface area contributed by atoms with E-state index in [1.165, 1.54) is 6.92 Å². The summed E-state index contributed by atoms with van der Waals surface area (Å²) >= 11 is 6.29. The van der Waals surface area contributed by atoms with Crippen LogP contribution in [-0.4, -0.2) is 39.4 Å². The second-order valence-electron chi connectivity index (χ2n) is 9.75. The molecule has 0 aliphatic carbocycles. The molecule has 1 heterocycles. The van der Waals surface area contributed by atoms with Crippen LogP contribution in [0.2, 0.25) is 5.02 Å². The highest BCUT2D eigenvalue weighted by molar-refractivity contribution is 6.32. The number of rotatable bonds is 12. The van der Waals surface area contributed by atoms with Gasteiger partial charge in [0.2, 0.25) is 11.8 Å². The van der Waals surface area contributed by atoms with Gasteiger partial charge in [-0.1, -0.05) is 35.9 Å². The molecule has 39 heavy (non-hydrogen) atoms. The number of hydrogen-bond donors (Lipinski definition) is 3. The van der Waals surface area contributed by atoms with Crippen molar-refractivity contribution < 1.29 is 19.1 Å². The molecule has 0 saturated heterocycles. The molecular formula is C29H36ClN5O4. The smallest absolute Gasteiger partial charge is 0.251 e. The number of benzene rings is 2. The largest absolute Gasteiger partial charge is 0.489 e. The molecule has 9 nitrogen and oxygen atoms in total. The molecule has 2 atom stereocenters. The molecule has 4 N–H and O–H groups in total. The highest BCUT2D eigenvalue weighted by atomic mass is 35.5. The molecule has 0 saturated carbocycles. The summed E-state index contributed by atoms with van der Waals surface area (Å²) in [6.45, 7) is 9.91. The van der Waals surface area contributed by atoms with Crippen LogP contribution in [0.5, 0.6) is 5.75 Å². The Morgan fingerprint density at radius 1 is 1.08 bits per heavy atom. The quantitative estimate of drug-likeness (QED) is 0.306. The summed E-state index contributed by atoms with van der Waals surface area (Å²) in [6, 6.07) is 11.9. The second-order valence-corrected chi connectivity index (χ2v) is 10.2. The van der Waals surface area contributed by atoms with Crippen molar-refractivity contribution in [1.82, 2.24) is 20.2 Å². The van der Waals surface area contributed by atoms with Crippen molar-refractivity contribution in [2.75, 3.05) is 0 Å². The number of imidazole rings is 1. The molecule has 0 unspecified atom stereocenters. The van der Waals surface area contributed by atoms with Gasteiger partial charge in [-0.3, -0.25) is 14.4 Å². The van der Waals surface area contributed by atoms with Crippen molar-refractivity contribution in [3.05, 3.63) is 70.6 Å². The molecule has 0 radical (unpaired) electrons. The van der Waals surface area contributed by atoms with Crippen LogP contribution in [-0.2, 0) is 22.6 Å². The zero-order chi connectivity index (χ0) is 28.7. The van der Waals surface area contributed by atoms with Crippen molar-refractivity contribution in [2.45, 2.75) is 72.2 Å². The van der Waals surface area contributed by atoms with Crippen molar-refractivity contribution in [2.24, 2.45) is 5.73 Å². The van der Waals surface area contributed by atoms with Gasteiger partial charge in [-0.25, -0.2) is 4.98 Å². The molecular weight excluding hydrogens is 518 g/mol. The first-order valence-corrected chi connectivity index (χ1v) is 13.3. The van der Waals surface area contributed by atoms with Gasteiger partial charge in [0.25, 0.3) is 5.91 Å². The van der Waals surface area contributed by atoms with Crippen LogP contribution in [0, 0.1) is 0 Å². The molecule has 208 valence electrons. The van der Waals surface area contributed by atoms with Crippen LogP contribution in [0.25, 0.3) is 11.3 Å². The van der Waals surface area contributed by atoms with E-state index in [9.17, 15) is 14.4 Å². The molecule has 1 aromatic heterocycles. The highest BCUT2D eigenvalue weighted by Gasteiger charge is 2.19. The summed E-state index contributed by atoms with van der Waals surface area (Å²) in [7, 11) is 0. The van der Waals surface area contributed by atoms with Crippen LogP contribution in [0.1, 0.15) is 68.8 Å². The minimum atomic E-state index is -0.512. The van der Waals surface area contributed by atoms with E-state index >= 15 is 0 Å². The number of nitrogens with zero attached hydrogens (tertiary/aromatic N) is 2. The summed E-state index contributed by atoms with van der Waals surface area (Å²) in [5.41, 5.74) is 8.46. The number of aromatic nitrogens is 2. The third-order valence-corrected chi connectivity index (χ3v) is 6.32. The van der Waals surface area contributed by atoms with Gasteiger partial charge in [0, 0.05) is 43.3 Å². The van der Waals surface area contributed by atoms with Crippen molar-refractivity contribution in [3.8, 4) is 17.0 Å². The Morgan fingerprint density at radius 2 is 1.77 bits per heavy atom. The molecule has 0 aliphatic rings. The number of carbonyl (C=O) groups excluding carboxylic acids is 3. The lowest BCUT2D eigenvalue weighted by molar-refractivity contribution is -0.120. The van der Waals surface area contributed by atoms with Crippen LogP contribution < -0.4 is 21.1 Å². The average molecular weight is 554 g/mol. The number of halogens is 1. The lowest BCUT2D eigenvalue weighted by Gasteiger charge is -2.18. The number of ether oxygens (including phenoxy) is 1. The van der Waals surface area contributed by atoms with Gasteiger partial charge in [-0.05, 0) is 57.9 Å². The standard InChI is InChI=1S/C29H36ClN5O4/c1-6-35-16-25(34-28(35)18(4)32-19(5)36)21-9-7-20(8-10-21)13-23(15-27(31)37)33-29(38)22-11-12-26(24(30)14-22)39-17(2)3/h7-12,14,16-18,23H,6,13,15H2,1-5H3,(H2,31,37)(H,32,36)(H,33,38)/t18-,23+/m1/s1. The van der Waals surface area contributed by atoms with E-state index in [2.05, 4.69) is 10.6 Å². The molecule has 3 aromatic rings. The predicted octanol–water partition coefficient (Wildman–Crippen LogP) is 4.42. The van der Waals surface area contributed by atoms with Crippen molar-refractivity contribution in [3.63, 3.8) is 0 Å². The number of amides is 3. The normalized spacial score (nSPS) is 12.6. The Kier molecular flexibility index (Phi) is 10.1. The van der Waals surface area contributed by atoms with Gasteiger partial charge in [0.15, 0.2) is 0 Å². The second kappa shape index (κ2) is 13.3. The Bertz CT molecular complexity index is 1320. The molecule has 3 rings (SSSR count). The third kappa shape index (κ3) is 8.32. The average Bonchev–Trinajstić information content (AvgIpc) is 3.29. The number of nitrogens with one attached hydrogen (secondary N) is 2. The summed E-state index contributed by atoms with van der Waals surface area (Å²) in [4.78, 5) is 40.9. The van der Waals surface area contributed by atoms with E-state index in [0.717, 1.165) is 29.2 Å². The first-order valence-electron chi connectivity index (χ1n) is 13.0. The van der Waals surface area contributed by atoms with Crippen LogP contribution in [0.3, 0.4) is 0 Å². The summed E-state index contributed by atoms with van der Waals surface area (Å²) in [6.07, 6.45) is 2.30. The van der Waals surface area contributed by atoms with Gasteiger partial charge in [0.05, 0.1) is 22.9 Å². The number of primary amides is 1. The van der Waals surface area contributed by atoms with Crippen LogP contribution >= 0.6 is 11.6 Å². The third-order valence-electron chi connectivity index (χ3n) is 6.03. The summed E-state index contributed by atoms with van der Waals surface area (Å²) in [5, 5.41) is 6.11. The van der Waals surface area contributed by atoms with Crippen LogP contribution in [0.15, 0.2) is 48.7 Å². The van der Waals surface area contributed by atoms with Gasteiger partial charge in [-0.2, -0.15) is 0 Å². The SMILES string of the molecule is CCn1cc(-c2ccc(C[C@@H](CC(N)=O)NC(=O)c3ccc(OC(C)C)c(Cl)c3)cc2)nc1[C@@H](C)NC(C)=O. The van der Waals surface area contributed by atoms with Crippen LogP contribution in [0.4, 0.5) is 0 Å². The maximum absolute atomic E-state index is 12.9. The minimum Gasteiger partial charge on any atom is -0.489 e. The van der Waals surface area contributed by atoms with E-state index in [0.29, 0.717) is 22.8 Å². The van der Waals surface area contributed by atoms with E-state index in [1.54, 1.807) is 18.2 Å². The Hall–Kier alpha value is -3.85. The predicted molar refractivity (Wildman–Crippen MR) is 152 cm³/mol. The molecule has 0 aliphatic heterocycles. The number of nitrogens with two attached hydrogens (primary N) is 1. The van der Waals surface area contributed by atoms with E-state index in [-0.39, 0.29) is 30.4 Å². The first-order chi connectivity index (χ1) is 18.5. The van der Waals surface area contributed by atoms with Gasteiger partial charge in [-0.15, -0.1) is 0 Å². The van der Waals surface area contributed by atoms with Gasteiger partial charge in [0.1, 0.15) is 11.6 Å². The topological polar surface area (TPSA) is 128 Å². The fourth-order valence-electron chi connectivity index (χ4n) is 4.31. The maximum atomic E-state index is 12.9. The molecule has 10 heteroatoms. The molecule has 0 fully saturated rings. The Labute approximate surface area is 234 Å². The molecule has 2 aromatic carbocycles. The number of hydrogen-bond acceptors (Lipinski definition) is 5. The zero-order valence-corrected chi connectivity index (χ0v) is 23.7. The molecule has 3 amide bonds. The number of carbonyl (C=O) groups is 3. The Morgan fingerprint density at radius 3 is 2.33 bits per heavy atom. The lowest BCUT2D eigenvalue weighted by Crippen LogP contribution is -2.39. The van der Waals surface area contributed by atoms with Gasteiger partial charge < -0.3 is 25.7 Å². The fourth-order valence-corrected chi connectivity index (χ4v) is 4.54. The minimum absolute atomic E-state index is 0.0128. The van der Waals surface area contributed by atoms with E-state index < -0.39 is 11.9 Å². The fraction of sp³-hybridized carbons (Fsp3) is 0.379. The molecule has 0 bridgehead atoms. The highest BCUT2D eigenvalue weighted by Crippen LogP contribution is 2.27. The first kappa shape index (κ1) is 29.7. The summed E-state index contributed by atoms with van der Waals surface area (Å²) in [5.74, 6) is 0.289. The van der Waals surface area contributed by atoms with Crippen molar-refractivity contribution in [1.29, 1.82) is 0 Å². The van der Waals surface area contributed by atoms with E-state index in [4.69, 9.17) is 27.1 Å². The maximum Gasteiger partial charge on any atom is 0.251 e. The number of aryl methyl sites for hydroxylation is 1. The van der Waals surface area contributed by atoms with Crippen molar-refractivity contribution >= 4 is 29.3 Å².